The lowest BCUT2D eigenvalue weighted by molar-refractivity contribution is -0.114. The fourth-order valence-electron chi connectivity index (χ4n) is 1.88. The van der Waals surface area contributed by atoms with Gasteiger partial charge in [-0.15, -0.1) is 10.2 Å². The van der Waals surface area contributed by atoms with Gasteiger partial charge in [-0.3, -0.25) is 10.1 Å². The molecule has 0 fully saturated rings. The minimum Gasteiger partial charge on any atom is -0.453 e. The van der Waals surface area contributed by atoms with Crippen LogP contribution in [0, 0.1) is 0 Å². The Morgan fingerprint density at radius 3 is 2.23 bits per heavy atom. The summed E-state index contributed by atoms with van der Waals surface area (Å²) < 4.78 is 13.9. The van der Waals surface area contributed by atoms with E-state index in [0.717, 1.165) is 0 Å². The first-order valence-corrected chi connectivity index (χ1v) is 8.83. The van der Waals surface area contributed by atoms with E-state index in [0.29, 0.717) is 0 Å². The molecule has 2 amide bonds. The molecule has 164 valence electrons. The third kappa shape index (κ3) is 7.54. The molecule has 0 bridgehead atoms. The number of azo groups is 1. The Morgan fingerprint density at radius 1 is 0.933 bits per heavy atom. The Bertz CT molecular complexity index is 927. The number of carbonyl (C=O) groups excluding carboxylic acids is 3. The summed E-state index contributed by atoms with van der Waals surface area (Å²) in [6, 6.07) is 9.34. The molecule has 0 saturated carbocycles. The van der Waals surface area contributed by atoms with Crippen molar-refractivity contribution in [2.24, 2.45) is 10.2 Å². The van der Waals surface area contributed by atoms with Gasteiger partial charge in [0.2, 0.25) is 5.91 Å². The van der Waals surface area contributed by atoms with Gasteiger partial charge in [-0.25, -0.2) is 14.6 Å². The van der Waals surface area contributed by atoms with E-state index in [2.05, 4.69) is 35.3 Å². The van der Waals surface area contributed by atoms with Gasteiger partial charge in [0.1, 0.15) is 17.2 Å². The number of aromatic nitrogens is 1. The van der Waals surface area contributed by atoms with E-state index in [9.17, 15) is 14.4 Å². The number of para-hydroxylation sites is 1. The van der Waals surface area contributed by atoms with Gasteiger partial charge in [0.25, 0.3) is 0 Å². The fourth-order valence-corrected chi connectivity index (χ4v) is 1.88. The molecule has 1 aromatic carbocycles. The fraction of sp³-hybridized carbons (Fsp3) is 0.263. The molecule has 0 aliphatic heterocycles. The van der Waals surface area contributed by atoms with E-state index < -0.39 is 18.2 Å². The highest BCUT2D eigenvalue weighted by Gasteiger charge is 2.11. The summed E-state index contributed by atoms with van der Waals surface area (Å²) in [5.41, 5.74) is 0.455. The Morgan fingerprint density at radius 2 is 1.60 bits per heavy atom. The monoisotopic (exact) mass is 421 g/mol. The summed E-state index contributed by atoms with van der Waals surface area (Å²) >= 11 is 0. The van der Waals surface area contributed by atoms with Crippen LogP contribution in [0.3, 0.4) is 0 Å². The lowest BCUT2D eigenvalue weighted by Crippen LogP contribution is -2.14. The van der Waals surface area contributed by atoms with Gasteiger partial charge in [-0.05, 0) is 24.3 Å². The SMILES string of the molecule is CC.COC(=O)Nc1ccc(N=Nc2ccccc2OC(=O)OC)c(NC(C)=O)n1.[HH].[HH]. The third-order valence-electron chi connectivity index (χ3n) is 3.07. The number of carbonyl (C=O) groups is 3. The topological polar surface area (TPSA) is 141 Å². The van der Waals surface area contributed by atoms with Crippen LogP contribution in [-0.2, 0) is 14.3 Å². The van der Waals surface area contributed by atoms with Crippen molar-refractivity contribution < 1.29 is 31.4 Å². The Balaban J connectivity index is 0. The average Bonchev–Trinajstić information content (AvgIpc) is 2.75. The number of hydrogen-bond donors (Lipinski definition) is 2. The van der Waals surface area contributed by atoms with Crippen molar-refractivity contribution in [1.82, 2.24) is 4.98 Å². The Hall–Kier alpha value is -4.02. The summed E-state index contributed by atoms with van der Waals surface area (Å²) in [5.74, 6) is -0.0507. The molecule has 2 rings (SSSR count). The van der Waals surface area contributed by atoms with Crippen molar-refractivity contribution in [1.29, 1.82) is 0 Å². The number of amides is 2. The van der Waals surface area contributed by atoms with Gasteiger partial charge < -0.3 is 19.5 Å². The maximum Gasteiger partial charge on any atom is 0.513 e. The maximum absolute atomic E-state index is 11.4. The van der Waals surface area contributed by atoms with Crippen LogP contribution in [-0.4, -0.2) is 37.4 Å². The van der Waals surface area contributed by atoms with Crippen LogP contribution in [0.15, 0.2) is 46.6 Å². The normalized spacial score (nSPS) is 9.77. The minimum atomic E-state index is -0.901. The molecule has 2 N–H and O–H groups in total. The van der Waals surface area contributed by atoms with Crippen LogP contribution < -0.4 is 15.4 Å². The van der Waals surface area contributed by atoms with Crippen LogP contribution in [0.25, 0.3) is 0 Å². The first-order valence-electron chi connectivity index (χ1n) is 8.83. The van der Waals surface area contributed by atoms with Crippen molar-refractivity contribution in [2.75, 3.05) is 24.9 Å². The molecule has 1 aromatic heterocycles. The second kappa shape index (κ2) is 12.4. The van der Waals surface area contributed by atoms with Crippen molar-refractivity contribution in [3.63, 3.8) is 0 Å². The molecular weight excluding hydrogens is 394 g/mol. The molecule has 0 aliphatic rings. The predicted molar refractivity (Wildman–Crippen MR) is 114 cm³/mol. The van der Waals surface area contributed by atoms with Crippen molar-refractivity contribution in [3.05, 3.63) is 36.4 Å². The van der Waals surface area contributed by atoms with Crippen molar-refractivity contribution in [3.8, 4) is 5.75 Å². The number of rotatable bonds is 5. The number of benzene rings is 1. The van der Waals surface area contributed by atoms with E-state index in [1.807, 2.05) is 13.8 Å². The second-order valence-corrected chi connectivity index (χ2v) is 5.09. The predicted octanol–water partition coefficient (Wildman–Crippen LogP) is 5.30. The van der Waals surface area contributed by atoms with Crippen molar-refractivity contribution >= 4 is 41.2 Å². The number of ether oxygens (including phenoxy) is 3. The number of methoxy groups -OCH3 is 2. The molecule has 2 aromatic rings. The number of nitrogens with one attached hydrogen (secondary N) is 2. The van der Waals surface area contributed by atoms with Gasteiger partial charge in [0.15, 0.2) is 11.6 Å². The van der Waals surface area contributed by atoms with Crippen LogP contribution in [0.2, 0.25) is 0 Å². The molecule has 30 heavy (non-hydrogen) atoms. The summed E-state index contributed by atoms with van der Waals surface area (Å²) in [6.07, 6.45) is -1.62. The largest absolute Gasteiger partial charge is 0.513 e. The molecule has 0 saturated heterocycles. The van der Waals surface area contributed by atoms with E-state index in [4.69, 9.17) is 4.74 Å². The molecule has 0 radical (unpaired) electrons. The van der Waals surface area contributed by atoms with E-state index in [-0.39, 0.29) is 31.6 Å². The number of hydrogen-bond acceptors (Lipinski definition) is 9. The quantitative estimate of drug-likeness (QED) is 0.379. The first kappa shape index (κ1) is 24.0. The number of pyridine rings is 1. The van der Waals surface area contributed by atoms with Crippen LogP contribution >= 0.6 is 0 Å². The highest BCUT2D eigenvalue weighted by atomic mass is 16.7. The standard InChI is InChI=1S/C17H17N5O6.C2H6.2H2/c1-10(23)18-15-12(8-9-14(19-15)20-16(24)26-2)22-21-11-6-4-5-7-13(11)28-17(25)27-3;1-2;;/h4-9H,1-3H3,(H2,18,19,20,23,24);1-2H3;2*1H. The second-order valence-electron chi connectivity index (χ2n) is 5.09. The van der Waals surface area contributed by atoms with Gasteiger partial charge in [-0.1, -0.05) is 26.0 Å². The van der Waals surface area contributed by atoms with Crippen LogP contribution in [0.1, 0.15) is 23.6 Å². The Kier molecular flexibility index (Phi) is 9.96. The molecule has 0 unspecified atom stereocenters. The van der Waals surface area contributed by atoms with Gasteiger partial charge >= 0.3 is 12.2 Å². The molecular formula is C19H27N5O6. The average molecular weight is 421 g/mol. The maximum atomic E-state index is 11.4. The van der Waals surface area contributed by atoms with Crippen LogP contribution in [0.4, 0.5) is 32.6 Å². The molecule has 0 atom stereocenters. The summed E-state index contributed by atoms with van der Waals surface area (Å²) in [7, 11) is 2.39. The van der Waals surface area contributed by atoms with Crippen molar-refractivity contribution in [2.45, 2.75) is 20.8 Å². The van der Waals surface area contributed by atoms with Gasteiger partial charge in [0.05, 0.1) is 14.2 Å². The molecule has 11 heteroatoms. The zero-order chi connectivity index (χ0) is 22.5. The smallest absolute Gasteiger partial charge is 0.453 e. The molecule has 0 spiro atoms. The Labute approximate surface area is 176 Å². The third-order valence-corrected chi connectivity index (χ3v) is 3.07. The summed E-state index contributed by atoms with van der Waals surface area (Å²) in [6.45, 7) is 5.29. The lowest BCUT2D eigenvalue weighted by atomic mass is 10.3. The lowest BCUT2D eigenvalue weighted by Gasteiger charge is -2.08. The number of nitrogens with zero attached hydrogens (tertiary/aromatic N) is 3. The number of anilines is 2. The van der Waals surface area contributed by atoms with Gasteiger partial charge in [0, 0.05) is 9.78 Å². The highest BCUT2D eigenvalue weighted by Crippen LogP contribution is 2.31. The molecule has 1 heterocycles. The zero-order valence-corrected chi connectivity index (χ0v) is 17.3. The van der Waals surface area contributed by atoms with E-state index >= 15 is 0 Å². The first-order chi connectivity index (χ1) is 14.4. The summed E-state index contributed by atoms with van der Waals surface area (Å²) in [5, 5.41) is 12.9. The van der Waals surface area contributed by atoms with E-state index in [1.165, 1.54) is 39.3 Å². The van der Waals surface area contributed by atoms with E-state index in [1.54, 1.807) is 18.2 Å². The molecule has 0 aliphatic carbocycles. The zero-order valence-electron chi connectivity index (χ0n) is 17.3. The minimum absolute atomic E-state index is 0. The molecule has 11 nitrogen and oxygen atoms in total. The van der Waals surface area contributed by atoms with Gasteiger partial charge in [-0.2, -0.15) is 0 Å². The summed E-state index contributed by atoms with van der Waals surface area (Å²) in [4.78, 5) is 38.1. The highest BCUT2D eigenvalue weighted by molar-refractivity contribution is 5.91. The van der Waals surface area contributed by atoms with Crippen LogP contribution in [0.5, 0.6) is 5.75 Å².